The van der Waals surface area contributed by atoms with E-state index >= 15 is 0 Å². The summed E-state index contributed by atoms with van der Waals surface area (Å²) in [7, 11) is 0. The van der Waals surface area contributed by atoms with Crippen LogP contribution in [-0.4, -0.2) is 73.9 Å². The minimum Gasteiger partial charge on any atom is -0.379 e. The lowest BCUT2D eigenvalue weighted by Gasteiger charge is -2.39. The third kappa shape index (κ3) is 3.92. The molecule has 2 saturated heterocycles. The highest BCUT2D eigenvalue weighted by Gasteiger charge is 2.30. The van der Waals surface area contributed by atoms with Crippen LogP contribution in [0.3, 0.4) is 0 Å². The van der Waals surface area contributed by atoms with Crippen molar-refractivity contribution >= 4 is 0 Å². The fourth-order valence-corrected chi connectivity index (χ4v) is 2.91. The minimum atomic E-state index is 0.323. The molecule has 0 aromatic carbocycles. The van der Waals surface area contributed by atoms with Crippen LogP contribution in [0.1, 0.15) is 27.2 Å². The second-order valence-electron chi connectivity index (χ2n) is 6.32. The smallest absolute Gasteiger partial charge is 0.0594 e. The van der Waals surface area contributed by atoms with Crippen LogP contribution in [0.4, 0.5) is 0 Å². The van der Waals surface area contributed by atoms with Gasteiger partial charge in [-0.1, -0.05) is 0 Å². The van der Waals surface area contributed by atoms with Crippen molar-refractivity contribution in [1.29, 1.82) is 0 Å². The molecule has 0 bridgehead atoms. The second kappa shape index (κ2) is 6.33. The Morgan fingerprint density at radius 2 is 1.94 bits per heavy atom. The Morgan fingerprint density at radius 1 is 1.22 bits per heavy atom. The van der Waals surface area contributed by atoms with E-state index < -0.39 is 0 Å². The van der Waals surface area contributed by atoms with E-state index in [-0.39, 0.29) is 0 Å². The molecule has 0 amide bonds. The van der Waals surface area contributed by atoms with Gasteiger partial charge in [0.15, 0.2) is 0 Å². The van der Waals surface area contributed by atoms with Gasteiger partial charge in [0.2, 0.25) is 0 Å². The second-order valence-corrected chi connectivity index (χ2v) is 6.32. The van der Waals surface area contributed by atoms with Crippen LogP contribution in [0.2, 0.25) is 0 Å². The van der Waals surface area contributed by atoms with E-state index in [1.165, 1.54) is 19.5 Å². The van der Waals surface area contributed by atoms with E-state index in [9.17, 15) is 0 Å². The van der Waals surface area contributed by atoms with Crippen molar-refractivity contribution in [3.05, 3.63) is 0 Å². The molecule has 4 nitrogen and oxygen atoms in total. The largest absolute Gasteiger partial charge is 0.379 e. The molecule has 4 heteroatoms. The average Bonchev–Trinajstić information content (AvgIpc) is 2.47. The summed E-state index contributed by atoms with van der Waals surface area (Å²) in [6.45, 7) is 15.7. The zero-order valence-electron chi connectivity index (χ0n) is 12.2. The maximum absolute atomic E-state index is 5.40. The zero-order chi connectivity index (χ0) is 13.0. The third-order valence-corrected chi connectivity index (χ3v) is 4.37. The van der Waals surface area contributed by atoms with Crippen molar-refractivity contribution in [2.24, 2.45) is 0 Å². The van der Waals surface area contributed by atoms with Gasteiger partial charge in [-0.15, -0.1) is 0 Å². The lowest BCUT2D eigenvalue weighted by molar-refractivity contribution is 0.0252. The van der Waals surface area contributed by atoms with Gasteiger partial charge in [0.1, 0.15) is 0 Å². The molecular weight excluding hydrogens is 226 g/mol. The lowest BCUT2D eigenvalue weighted by Crippen LogP contribution is -2.50. The van der Waals surface area contributed by atoms with Crippen molar-refractivity contribution in [2.45, 2.75) is 38.8 Å². The number of rotatable bonds is 3. The maximum Gasteiger partial charge on any atom is 0.0594 e. The third-order valence-electron chi connectivity index (χ3n) is 4.37. The molecular formula is C14H29N3O. The molecule has 2 rings (SSSR count). The van der Waals surface area contributed by atoms with Crippen LogP contribution >= 0.6 is 0 Å². The Bertz CT molecular complexity index is 251. The van der Waals surface area contributed by atoms with Gasteiger partial charge in [0.05, 0.1) is 13.2 Å². The first-order chi connectivity index (χ1) is 8.58. The highest BCUT2D eigenvalue weighted by Crippen LogP contribution is 2.21. The van der Waals surface area contributed by atoms with Gasteiger partial charge in [0.25, 0.3) is 0 Å². The summed E-state index contributed by atoms with van der Waals surface area (Å²) in [6, 6.07) is 0.608. The van der Waals surface area contributed by atoms with E-state index in [2.05, 4.69) is 35.9 Å². The van der Waals surface area contributed by atoms with Gasteiger partial charge >= 0.3 is 0 Å². The highest BCUT2D eigenvalue weighted by molar-refractivity contribution is 4.88. The van der Waals surface area contributed by atoms with Crippen LogP contribution in [0.15, 0.2) is 0 Å². The van der Waals surface area contributed by atoms with E-state index in [0.717, 1.165) is 39.4 Å². The van der Waals surface area contributed by atoms with E-state index in [1.54, 1.807) is 0 Å². The average molecular weight is 255 g/mol. The maximum atomic E-state index is 5.40. The molecule has 1 N–H and O–H groups in total. The SMILES string of the molecule is CC1CN(CCN2CCOCC2)C(C)(C)CCN1. The Balaban J connectivity index is 1.84. The van der Waals surface area contributed by atoms with Crippen molar-refractivity contribution in [1.82, 2.24) is 15.1 Å². The molecule has 0 radical (unpaired) electrons. The van der Waals surface area contributed by atoms with Gasteiger partial charge in [-0.25, -0.2) is 0 Å². The molecule has 1 atom stereocenters. The molecule has 2 aliphatic heterocycles. The number of ether oxygens (including phenoxy) is 1. The molecule has 2 fully saturated rings. The summed E-state index contributed by atoms with van der Waals surface area (Å²) >= 11 is 0. The Labute approximate surface area is 112 Å². The van der Waals surface area contributed by atoms with Gasteiger partial charge in [-0.05, 0) is 33.7 Å². The predicted molar refractivity (Wildman–Crippen MR) is 75.0 cm³/mol. The van der Waals surface area contributed by atoms with E-state index in [1.807, 2.05) is 0 Å². The molecule has 0 saturated carbocycles. The van der Waals surface area contributed by atoms with Crippen molar-refractivity contribution in [3.8, 4) is 0 Å². The molecule has 0 aromatic rings. The summed E-state index contributed by atoms with van der Waals surface area (Å²) in [5.41, 5.74) is 0.323. The summed E-state index contributed by atoms with van der Waals surface area (Å²) in [6.07, 6.45) is 1.24. The molecule has 0 aromatic heterocycles. The fraction of sp³-hybridized carbons (Fsp3) is 1.00. The molecule has 2 aliphatic rings. The molecule has 106 valence electrons. The minimum absolute atomic E-state index is 0.323. The summed E-state index contributed by atoms with van der Waals surface area (Å²) in [5, 5.41) is 3.59. The van der Waals surface area contributed by atoms with E-state index in [4.69, 9.17) is 4.74 Å². The zero-order valence-corrected chi connectivity index (χ0v) is 12.2. The van der Waals surface area contributed by atoms with Crippen molar-refractivity contribution in [2.75, 3.05) is 52.5 Å². The van der Waals surface area contributed by atoms with Gasteiger partial charge in [-0.2, -0.15) is 0 Å². The predicted octanol–water partition coefficient (Wildman–Crippen LogP) is 0.781. The number of nitrogens with one attached hydrogen (secondary N) is 1. The van der Waals surface area contributed by atoms with Gasteiger partial charge < -0.3 is 10.1 Å². The topological polar surface area (TPSA) is 27.7 Å². The Morgan fingerprint density at radius 3 is 2.67 bits per heavy atom. The quantitative estimate of drug-likeness (QED) is 0.806. The lowest BCUT2D eigenvalue weighted by atomic mass is 9.98. The molecule has 0 aliphatic carbocycles. The molecule has 18 heavy (non-hydrogen) atoms. The van der Waals surface area contributed by atoms with Crippen LogP contribution in [0.25, 0.3) is 0 Å². The first-order valence-corrected chi connectivity index (χ1v) is 7.36. The summed E-state index contributed by atoms with van der Waals surface area (Å²) in [4.78, 5) is 5.19. The Kier molecular flexibility index (Phi) is 5.01. The van der Waals surface area contributed by atoms with Crippen LogP contribution < -0.4 is 5.32 Å². The number of hydrogen-bond donors (Lipinski definition) is 1. The van der Waals surface area contributed by atoms with Gasteiger partial charge in [-0.3, -0.25) is 9.80 Å². The fourth-order valence-electron chi connectivity index (χ4n) is 2.91. The molecule has 2 heterocycles. The summed E-state index contributed by atoms with van der Waals surface area (Å²) < 4.78 is 5.40. The van der Waals surface area contributed by atoms with Crippen molar-refractivity contribution in [3.63, 3.8) is 0 Å². The molecule has 1 unspecified atom stereocenters. The van der Waals surface area contributed by atoms with Gasteiger partial charge in [0, 0.05) is 44.3 Å². The highest BCUT2D eigenvalue weighted by atomic mass is 16.5. The number of nitrogens with zero attached hydrogens (tertiary/aromatic N) is 2. The first-order valence-electron chi connectivity index (χ1n) is 7.36. The van der Waals surface area contributed by atoms with E-state index in [0.29, 0.717) is 11.6 Å². The number of morpholine rings is 1. The number of hydrogen-bond acceptors (Lipinski definition) is 4. The Hall–Kier alpha value is -0.160. The summed E-state index contributed by atoms with van der Waals surface area (Å²) in [5.74, 6) is 0. The molecule has 0 spiro atoms. The first kappa shape index (κ1) is 14.3. The normalized spacial score (nSPS) is 31.2. The van der Waals surface area contributed by atoms with Crippen LogP contribution in [0, 0.1) is 0 Å². The van der Waals surface area contributed by atoms with Crippen LogP contribution in [-0.2, 0) is 4.74 Å². The van der Waals surface area contributed by atoms with Crippen LogP contribution in [0.5, 0.6) is 0 Å². The monoisotopic (exact) mass is 255 g/mol. The standard InChI is InChI=1S/C14H29N3O/c1-13-12-17(14(2,3)4-5-15-13)7-6-16-8-10-18-11-9-16/h13,15H,4-12H2,1-3H3. The van der Waals surface area contributed by atoms with Crippen molar-refractivity contribution < 1.29 is 4.74 Å².